The molecule has 1 saturated heterocycles. The molecule has 1 fully saturated rings. The number of aromatic amines is 1. The Balaban J connectivity index is 2.04. The summed E-state index contributed by atoms with van der Waals surface area (Å²) in [6.07, 6.45) is 5.49. The largest absolute Gasteiger partial charge is 0.365 e. The number of nitrogens with two attached hydrogens (primary N) is 1. The number of para-hydroxylation sites is 1. The molecule has 3 rings (SSSR count). The molecule has 4 nitrogen and oxygen atoms in total. The van der Waals surface area contributed by atoms with Gasteiger partial charge < -0.3 is 15.6 Å². The Morgan fingerprint density at radius 1 is 1.41 bits per heavy atom. The molecule has 17 heavy (non-hydrogen) atoms. The Hall–Kier alpha value is -1.55. The van der Waals surface area contributed by atoms with Crippen molar-refractivity contribution in [1.29, 1.82) is 0 Å². The summed E-state index contributed by atoms with van der Waals surface area (Å²) >= 11 is 0. The molecule has 0 radical (unpaired) electrons. The minimum absolute atomic E-state index is 0.464. The molecule has 0 bridgehead atoms. The first-order valence-corrected chi connectivity index (χ1v) is 6.29. The van der Waals surface area contributed by atoms with E-state index in [0.29, 0.717) is 6.04 Å². The molecule has 0 saturated carbocycles. The van der Waals surface area contributed by atoms with Crippen LogP contribution in [0.3, 0.4) is 0 Å². The maximum absolute atomic E-state index is 5.88. The smallest absolute Gasteiger partial charge is 0.112 e. The lowest BCUT2D eigenvalue weighted by Crippen LogP contribution is -2.44. The van der Waals surface area contributed by atoms with Crippen LogP contribution in [0.2, 0.25) is 0 Å². The zero-order valence-corrected chi connectivity index (χ0v) is 9.89. The van der Waals surface area contributed by atoms with Gasteiger partial charge in [-0.25, -0.2) is 4.98 Å². The van der Waals surface area contributed by atoms with E-state index in [0.717, 1.165) is 24.1 Å². The van der Waals surface area contributed by atoms with Crippen LogP contribution in [0, 0.1) is 0 Å². The van der Waals surface area contributed by atoms with Crippen LogP contribution in [-0.4, -0.2) is 29.1 Å². The number of imidazole rings is 1. The fourth-order valence-electron chi connectivity index (χ4n) is 2.74. The van der Waals surface area contributed by atoms with Gasteiger partial charge in [-0.15, -0.1) is 0 Å². The number of hydrogen-bond acceptors (Lipinski definition) is 3. The van der Waals surface area contributed by atoms with E-state index in [1.807, 2.05) is 0 Å². The van der Waals surface area contributed by atoms with E-state index in [4.69, 9.17) is 5.73 Å². The molecular weight excluding hydrogens is 212 g/mol. The van der Waals surface area contributed by atoms with Gasteiger partial charge in [-0.1, -0.05) is 6.07 Å². The highest BCUT2D eigenvalue weighted by molar-refractivity contribution is 5.88. The van der Waals surface area contributed by atoms with Gasteiger partial charge in [0.05, 0.1) is 17.5 Å². The molecule has 0 aliphatic carbocycles. The second-order valence-corrected chi connectivity index (χ2v) is 4.65. The Morgan fingerprint density at radius 2 is 2.35 bits per heavy atom. The monoisotopic (exact) mass is 230 g/mol. The Labute approximate surface area is 101 Å². The predicted octanol–water partition coefficient (Wildman–Crippen LogP) is 1.88. The maximum Gasteiger partial charge on any atom is 0.112 e. The third kappa shape index (κ3) is 1.78. The Bertz CT molecular complexity index is 505. The van der Waals surface area contributed by atoms with Crippen molar-refractivity contribution in [3.63, 3.8) is 0 Å². The number of piperidine rings is 1. The summed E-state index contributed by atoms with van der Waals surface area (Å²) in [6.45, 7) is 1.81. The SMILES string of the molecule is NCC1CCCCN1c1cccc2[nH]cnc12. The van der Waals surface area contributed by atoms with E-state index in [9.17, 15) is 0 Å². The minimum atomic E-state index is 0.464. The lowest BCUT2D eigenvalue weighted by atomic mass is 10.0. The van der Waals surface area contributed by atoms with Crippen LogP contribution in [-0.2, 0) is 0 Å². The number of fused-ring (bicyclic) bond motifs is 1. The highest BCUT2D eigenvalue weighted by atomic mass is 15.2. The van der Waals surface area contributed by atoms with Crippen molar-refractivity contribution in [1.82, 2.24) is 9.97 Å². The lowest BCUT2D eigenvalue weighted by molar-refractivity contribution is 0.466. The van der Waals surface area contributed by atoms with Crippen molar-refractivity contribution in [2.24, 2.45) is 5.73 Å². The quantitative estimate of drug-likeness (QED) is 0.828. The van der Waals surface area contributed by atoms with E-state index in [1.165, 1.54) is 24.9 Å². The molecule has 1 aromatic heterocycles. The fraction of sp³-hybridized carbons (Fsp3) is 0.462. The van der Waals surface area contributed by atoms with Crippen molar-refractivity contribution in [2.75, 3.05) is 18.0 Å². The molecule has 3 N–H and O–H groups in total. The second kappa shape index (κ2) is 4.37. The van der Waals surface area contributed by atoms with Gasteiger partial charge in [0, 0.05) is 19.1 Å². The number of anilines is 1. The third-order valence-corrected chi connectivity index (χ3v) is 3.64. The van der Waals surface area contributed by atoms with Crippen molar-refractivity contribution in [3.05, 3.63) is 24.5 Å². The van der Waals surface area contributed by atoms with Gasteiger partial charge in [-0.2, -0.15) is 0 Å². The Kier molecular flexibility index (Phi) is 2.73. The third-order valence-electron chi connectivity index (χ3n) is 3.64. The molecule has 0 spiro atoms. The highest BCUT2D eigenvalue weighted by Gasteiger charge is 2.23. The summed E-state index contributed by atoms with van der Waals surface area (Å²) in [5, 5.41) is 0. The van der Waals surface area contributed by atoms with Crippen molar-refractivity contribution >= 4 is 16.7 Å². The molecule has 1 aromatic carbocycles. The van der Waals surface area contributed by atoms with Gasteiger partial charge in [-0.05, 0) is 31.4 Å². The van der Waals surface area contributed by atoms with Crippen LogP contribution in [0.4, 0.5) is 5.69 Å². The second-order valence-electron chi connectivity index (χ2n) is 4.65. The van der Waals surface area contributed by atoms with E-state index in [1.54, 1.807) is 6.33 Å². The van der Waals surface area contributed by atoms with E-state index in [-0.39, 0.29) is 0 Å². The van der Waals surface area contributed by atoms with Crippen LogP contribution < -0.4 is 10.6 Å². The van der Waals surface area contributed by atoms with Gasteiger partial charge in [0.1, 0.15) is 5.52 Å². The first-order valence-electron chi connectivity index (χ1n) is 6.29. The molecule has 1 atom stereocenters. The van der Waals surface area contributed by atoms with Crippen LogP contribution in [0.15, 0.2) is 24.5 Å². The fourth-order valence-corrected chi connectivity index (χ4v) is 2.74. The van der Waals surface area contributed by atoms with Gasteiger partial charge >= 0.3 is 0 Å². The standard InChI is InChI=1S/C13H18N4/c14-8-10-4-1-2-7-17(10)12-6-3-5-11-13(12)16-9-15-11/h3,5-6,9-10H,1-2,4,7-8,14H2,(H,15,16). The van der Waals surface area contributed by atoms with Gasteiger partial charge in [0.15, 0.2) is 0 Å². The molecule has 90 valence electrons. The zero-order chi connectivity index (χ0) is 11.7. The zero-order valence-electron chi connectivity index (χ0n) is 9.89. The van der Waals surface area contributed by atoms with Gasteiger partial charge in [0.25, 0.3) is 0 Å². The molecule has 1 aliphatic heterocycles. The van der Waals surface area contributed by atoms with Crippen LogP contribution >= 0.6 is 0 Å². The molecule has 2 heterocycles. The average Bonchev–Trinajstić information content (AvgIpc) is 2.86. The number of rotatable bonds is 2. The molecule has 4 heteroatoms. The topological polar surface area (TPSA) is 57.9 Å². The van der Waals surface area contributed by atoms with Crippen LogP contribution in [0.1, 0.15) is 19.3 Å². The average molecular weight is 230 g/mol. The molecular formula is C13H18N4. The van der Waals surface area contributed by atoms with E-state index < -0.39 is 0 Å². The van der Waals surface area contributed by atoms with Crippen LogP contribution in [0.25, 0.3) is 11.0 Å². The molecule has 1 unspecified atom stereocenters. The minimum Gasteiger partial charge on any atom is -0.365 e. The number of aromatic nitrogens is 2. The predicted molar refractivity (Wildman–Crippen MR) is 70.1 cm³/mol. The number of nitrogens with one attached hydrogen (secondary N) is 1. The normalized spacial score (nSPS) is 21.0. The molecule has 2 aromatic rings. The first-order chi connectivity index (χ1) is 8.40. The maximum atomic E-state index is 5.88. The number of benzene rings is 1. The summed E-state index contributed by atoms with van der Waals surface area (Å²) in [4.78, 5) is 10.0. The van der Waals surface area contributed by atoms with E-state index in [2.05, 4.69) is 33.1 Å². The van der Waals surface area contributed by atoms with Crippen molar-refractivity contribution in [2.45, 2.75) is 25.3 Å². The lowest BCUT2D eigenvalue weighted by Gasteiger charge is -2.37. The first kappa shape index (κ1) is 10.6. The van der Waals surface area contributed by atoms with Crippen molar-refractivity contribution in [3.8, 4) is 0 Å². The summed E-state index contributed by atoms with van der Waals surface area (Å²) in [7, 11) is 0. The Morgan fingerprint density at radius 3 is 3.24 bits per heavy atom. The summed E-state index contributed by atoms with van der Waals surface area (Å²) in [5.74, 6) is 0. The molecule has 0 amide bonds. The number of hydrogen-bond donors (Lipinski definition) is 2. The summed E-state index contributed by atoms with van der Waals surface area (Å²) in [5.41, 5.74) is 9.27. The highest BCUT2D eigenvalue weighted by Crippen LogP contribution is 2.29. The molecule has 1 aliphatic rings. The van der Waals surface area contributed by atoms with Gasteiger partial charge in [-0.3, -0.25) is 0 Å². The summed E-state index contributed by atoms with van der Waals surface area (Å²) < 4.78 is 0. The summed E-state index contributed by atoms with van der Waals surface area (Å²) in [6, 6.07) is 6.76. The number of H-pyrrole nitrogens is 1. The van der Waals surface area contributed by atoms with Gasteiger partial charge in [0.2, 0.25) is 0 Å². The van der Waals surface area contributed by atoms with E-state index >= 15 is 0 Å². The van der Waals surface area contributed by atoms with Crippen LogP contribution in [0.5, 0.6) is 0 Å². The number of nitrogens with zero attached hydrogens (tertiary/aromatic N) is 2. The van der Waals surface area contributed by atoms with Crippen molar-refractivity contribution < 1.29 is 0 Å².